The lowest BCUT2D eigenvalue weighted by molar-refractivity contribution is 0.388. The van der Waals surface area contributed by atoms with Gasteiger partial charge in [-0.25, -0.2) is 17.9 Å². The van der Waals surface area contributed by atoms with Crippen molar-refractivity contribution in [3.8, 4) is 5.75 Å². The molecule has 2 aromatic heterocycles. The molecule has 1 aromatic carbocycles. The van der Waals surface area contributed by atoms with E-state index in [-0.39, 0.29) is 0 Å². The highest BCUT2D eigenvalue weighted by Gasteiger charge is 2.25. The topological polar surface area (TPSA) is 80.0 Å². The summed E-state index contributed by atoms with van der Waals surface area (Å²) in [6.07, 6.45) is 3.77. The Morgan fingerprint density at radius 2 is 1.79 bits per heavy atom. The molecule has 0 N–H and O–H groups in total. The third-order valence-electron chi connectivity index (χ3n) is 4.96. The van der Waals surface area contributed by atoms with Crippen molar-refractivity contribution in [2.24, 2.45) is 0 Å². The molecule has 1 aliphatic heterocycles. The van der Waals surface area contributed by atoms with Gasteiger partial charge in [-0.05, 0) is 29.8 Å². The molecule has 3 heterocycles. The smallest absolute Gasteiger partial charge is 0.211 e. The molecule has 1 fully saturated rings. The Balaban J connectivity index is 1.55. The van der Waals surface area contributed by atoms with Crippen molar-refractivity contribution in [3.05, 3.63) is 54.0 Å². The van der Waals surface area contributed by atoms with Crippen LogP contribution in [0.25, 0.3) is 5.65 Å². The Labute approximate surface area is 164 Å². The van der Waals surface area contributed by atoms with Gasteiger partial charge in [-0.3, -0.25) is 0 Å². The van der Waals surface area contributed by atoms with E-state index in [1.165, 1.54) is 10.6 Å². The average Bonchev–Trinajstić information content (AvgIpc) is 3.10. The molecule has 0 spiro atoms. The highest BCUT2D eigenvalue weighted by Crippen LogP contribution is 2.23. The molecule has 1 aliphatic rings. The highest BCUT2D eigenvalue weighted by atomic mass is 32.2. The van der Waals surface area contributed by atoms with Crippen molar-refractivity contribution in [1.82, 2.24) is 18.9 Å². The van der Waals surface area contributed by atoms with Gasteiger partial charge in [0.25, 0.3) is 0 Å². The summed E-state index contributed by atoms with van der Waals surface area (Å²) >= 11 is 0. The summed E-state index contributed by atoms with van der Waals surface area (Å²) in [5, 5.41) is 4.60. The van der Waals surface area contributed by atoms with E-state index in [1.807, 2.05) is 42.6 Å². The third kappa shape index (κ3) is 3.81. The van der Waals surface area contributed by atoms with Gasteiger partial charge >= 0.3 is 0 Å². The predicted molar refractivity (Wildman–Crippen MR) is 107 cm³/mol. The molecular weight excluding hydrogens is 378 g/mol. The van der Waals surface area contributed by atoms with Crippen LogP contribution in [0.3, 0.4) is 0 Å². The number of sulfonamides is 1. The first-order chi connectivity index (χ1) is 13.4. The maximum atomic E-state index is 11.7. The molecule has 3 aromatic rings. The molecular formula is C19H23N5O3S. The first-order valence-corrected chi connectivity index (χ1v) is 11.0. The van der Waals surface area contributed by atoms with Gasteiger partial charge in [0.1, 0.15) is 5.75 Å². The highest BCUT2D eigenvalue weighted by molar-refractivity contribution is 7.88. The van der Waals surface area contributed by atoms with Gasteiger partial charge in [-0.2, -0.15) is 9.40 Å². The number of fused-ring (bicyclic) bond motifs is 1. The zero-order valence-electron chi connectivity index (χ0n) is 15.9. The van der Waals surface area contributed by atoms with Gasteiger partial charge in [0, 0.05) is 38.8 Å². The van der Waals surface area contributed by atoms with Crippen molar-refractivity contribution >= 4 is 21.4 Å². The monoisotopic (exact) mass is 401 g/mol. The van der Waals surface area contributed by atoms with Gasteiger partial charge in [0.05, 0.1) is 19.1 Å². The summed E-state index contributed by atoms with van der Waals surface area (Å²) in [7, 11) is -1.50. The number of anilines is 1. The van der Waals surface area contributed by atoms with Crippen LogP contribution in [0.15, 0.2) is 42.6 Å². The van der Waals surface area contributed by atoms with E-state index in [4.69, 9.17) is 9.72 Å². The van der Waals surface area contributed by atoms with E-state index in [1.54, 1.807) is 11.6 Å². The summed E-state index contributed by atoms with van der Waals surface area (Å²) in [6.45, 7) is 2.22. The van der Waals surface area contributed by atoms with E-state index in [0.29, 0.717) is 32.6 Å². The number of hydrogen-bond donors (Lipinski definition) is 0. The van der Waals surface area contributed by atoms with E-state index in [0.717, 1.165) is 28.5 Å². The van der Waals surface area contributed by atoms with Crippen LogP contribution in [0, 0.1) is 0 Å². The van der Waals surface area contributed by atoms with Crippen LogP contribution >= 0.6 is 0 Å². The quantitative estimate of drug-likeness (QED) is 0.643. The molecule has 0 unspecified atom stereocenters. The molecule has 0 saturated carbocycles. The van der Waals surface area contributed by atoms with Gasteiger partial charge in [-0.15, -0.1) is 0 Å². The number of ether oxygens (including phenoxy) is 1. The van der Waals surface area contributed by atoms with Crippen LogP contribution in [0.4, 0.5) is 5.69 Å². The molecule has 8 nitrogen and oxygen atoms in total. The summed E-state index contributed by atoms with van der Waals surface area (Å²) in [5.74, 6) is 1.56. The number of pyridine rings is 1. The Bertz CT molecular complexity index is 1070. The molecule has 0 amide bonds. The van der Waals surface area contributed by atoms with E-state index >= 15 is 0 Å². The number of hydrogen-bond acceptors (Lipinski definition) is 6. The third-order valence-corrected chi connectivity index (χ3v) is 6.26. The second-order valence-corrected chi connectivity index (χ2v) is 8.85. The molecule has 0 aliphatic carbocycles. The van der Waals surface area contributed by atoms with Gasteiger partial charge in [0.2, 0.25) is 10.0 Å². The molecule has 0 radical (unpaired) electrons. The fraction of sp³-hybridized carbons (Fsp3) is 0.368. The first kappa shape index (κ1) is 18.7. The molecule has 4 rings (SSSR count). The maximum Gasteiger partial charge on any atom is 0.211 e. The van der Waals surface area contributed by atoms with Crippen LogP contribution in [0.2, 0.25) is 0 Å². The maximum absolute atomic E-state index is 11.7. The van der Waals surface area contributed by atoms with Gasteiger partial charge in [0.15, 0.2) is 11.5 Å². The number of methoxy groups -OCH3 is 1. The molecule has 9 heteroatoms. The molecule has 1 saturated heterocycles. The minimum Gasteiger partial charge on any atom is -0.497 e. The van der Waals surface area contributed by atoms with Crippen molar-refractivity contribution in [2.75, 3.05) is 44.4 Å². The minimum atomic E-state index is -3.14. The SMILES string of the molecule is COc1ccc(Cc2nc3c(N4CCN(S(C)(=O)=O)CC4)cccn3n2)cc1. The Hall–Kier alpha value is -2.65. The van der Waals surface area contributed by atoms with E-state index < -0.39 is 10.0 Å². The minimum absolute atomic E-state index is 0.479. The zero-order chi connectivity index (χ0) is 19.7. The number of piperazine rings is 1. The van der Waals surface area contributed by atoms with Crippen LogP contribution in [0.5, 0.6) is 5.75 Å². The van der Waals surface area contributed by atoms with Crippen molar-refractivity contribution in [3.63, 3.8) is 0 Å². The Morgan fingerprint density at radius 3 is 2.43 bits per heavy atom. The van der Waals surface area contributed by atoms with Crippen LogP contribution in [0.1, 0.15) is 11.4 Å². The predicted octanol–water partition coefficient (Wildman–Crippen LogP) is 1.41. The second-order valence-electron chi connectivity index (χ2n) is 6.86. The number of aromatic nitrogens is 3. The summed E-state index contributed by atoms with van der Waals surface area (Å²) < 4.78 is 32.0. The van der Waals surface area contributed by atoms with Crippen LogP contribution in [-0.4, -0.2) is 66.9 Å². The van der Waals surface area contributed by atoms with Gasteiger partial charge < -0.3 is 9.64 Å². The summed E-state index contributed by atoms with van der Waals surface area (Å²) in [5.41, 5.74) is 2.88. The Kier molecular flexibility index (Phi) is 4.94. The summed E-state index contributed by atoms with van der Waals surface area (Å²) in [4.78, 5) is 6.91. The fourth-order valence-corrected chi connectivity index (χ4v) is 4.27. The Morgan fingerprint density at radius 1 is 1.07 bits per heavy atom. The lowest BCUT2D eigenvalue weighted by atomic mass is 10.1. The zero-order valence-corrected chi connectivity index (χ0v) is 16.8. The molecule has 148 valence electrons. The van der Waals surface area contributed by atoms with E-state index in [9.17, 15) is 8.42 Å². The lowest BCUT2D eigenvalue weighted by Crippen LogP contribution is -2.48. The fourth-order valence-electron chi connectivity index (χ4n) is 3.44. The van der Waals surface area contributed by atoms with E-state index in [2.05, 4.69) is 10.00 Å². The molecule has 0 bridgehead atoms. The standard InChI is InChI=1S/C19H23N5O3S/c1-27-16-7-5-15(6-8-16)14-18-20-19-17(4-3-9-24(19)21-18)22-10-12-23(13-11-22)28(2,25)26/h3-9H,10-14H2,1-2H3. The van der Waals surface area contributed by atoms with Crippen molar-refractivity contribution in [1.29, 1.82) is 0 Å². The van der Waals surface area contributed by atoms with Crippen molar-refractivity contribution in [2.45, 2.75) is 6.42 Å². The lowest BCUT2D eigenvalue weighted by Gasteiger charge is -2.34. The number of rotatable bonds is 5. The molecule has 0 atom stereocenters. The largest absolute Gasteiger partial charge is 0.497 e. The van der Waals surface area contributed by atoms with Crippen molar-refractivity contribution < 1.29 is 13.2 Å². The second kappa shape index (κ2) is 7.40. The number of nitrogens with zero attached hydrogens (tertiary/aromatic N) is 5. The normalized spacial score (nSPS) is 15.9. The molecule has 28 heavy (non-hydrogen) atoms. The first-order valence-electron chi connectivity index (χ1n) is 9.11. The van der Waals surface area contributed by atoms with Crippen LogP contribution in [-0.2, 0) is 16.4 Å². The number of benzene rings is 1. The summed E-state index contributed by atoms with van der Waals surface area (Å²) in [6, 6.07) is 11.8. The van der Waals surface area contributed by atoms with Crippen LogP contribution < -0.4 is 9.64 Å². The average molecular weight is 401 g/mol. The van der Waals surface area contributed by atoms with Gasteiger partial charge in [-0.1, -0.05) is 12.1 Å².